The van der Waals surface area contributed by atoms with Crippen LogP contribution in [-0.2, 0) is 0 Å². The Morgan fingerprint density at radius 3 is 2.70 bits per heavy atom. The minimum atomic E-state index is 0.106. The number of hydrogen-bond donors (Lipinski definition) is 2. The van der Waals surface area contributed by atoms with Gasteiger partial charge >= 0.3 is 0 Å². The molecule has 0 aliphatic carbocycles. The maximum atomic E-state index is 9.85. The summed E-state index contributed by atoms with van der Waals surface area (Å²) in [6.45, 7) is 0. The summed E-state index contributed by atoms with van der Waals surface area (Å²) in [6.07, 6.45) is 0. The Bertz CT molecular complexity index is 664. The van der Waals surface area contributed by atoms with E-state index in [1.54, 1.807) is 37.4 Å². The molecule has 20 heavy (non-hydrogen) atoms. The molecule has 6 heteroatoms. The minimum absolute atomic E-state index is 0.106. The molecule has 0 atom stereocenters. The highest BCUT2D eigenvalue weighted by Crippen LogP contribution is 2.29. The SMILES string of the molecule is COc1cc(Cl)ccc1C(=S)Nc1ccc(Br)cc1O. The van der Waals surface area contributed by atoms with Crippen molar-refractivity contribution in [3.63, 3.8) is 0 Å². The van der Waals surface area contributed by atoms with Gasteiger partial charge in [0.2, 0.25) is 0 Å². The van der Waals surface area contributed by atoms with Crippen LogP contribution in [0.2, 0.25) is 5.02 Å². The minimum Gasteiger partial charge on any atom is -0.506 e. The second-order valence-electron chi connectivity index (χ2n) is 3.96. The van der Waals surface area contributed by atoms with Crippen molar-refractivity contribution in [3.8, 4) is 11.5 Å². The molecule has 0 aromatic heterocycles. The van der Waals surface area contributed by atoms with Crippen LogP contribution >= 0.6 is 39.7 Å². The molecule has 0 spiro atoms. The molecule has 2 rings (SSSR count). The van der Waals surface area contributed by atoms with Gasteiger partial charge in [-0.2, -0.15) is 0 Å². The first-order valence-electron chi connectivity index (χ1n) is 5.64. The van der Waals surface area contributed by atoms with Gasteiger partial charge in [-0.3, -0.25) is 0 Å². The van der Waals surface area contributed by atoms with E-state index in [9.17, 15) is 5.11 Å². The number of nitrogens with one attached hydrogen (secondary N) is 1. The standard InChI is InChI=1S/C14H11BrClNO2S/c1-19-13-7-9(16)3-4-10(13)14(20)17-11-5-2-8(15)6-12(11)18/h2-7,18H,1H3,(H,17,20). The van der Waals surface area contributed by atoms with Crippen molar-refractivity contribution in [3.05, 3.63) is 51.5 Å². The molecule has 3 nitrogen and oxygen atoms in total. The van der Waals surface area contributed by atoms with Crippen LogP contribution in [0.15, 0.2) is 40.9 Å². The van der Waals surface area contributed by atoms with Gasteiger partial charge in [-0.25, -0.2) is 0 Å². The third kappa shape index (κ3) is 3.42. The Morgan fingerprint density at radius 2 is 2.05 bits per heavy atom. The molecule has 2 N–H and O–H groups in total. The maximum absolute atomic E-state index is 9.85. The average Bonchev–Trinajstić information content (AvgIpc) is 2.41. The third-order valence-corrected chi connectivity index (χ3v) is 3.67. The van der Waals surface area contributed by atoms with E-state index >= 15 is 0 Å². The molecule has 2 aromatic carbocycles. The highest BCUT2D eigenvalue weighted by Gasteiger charge is 2.11. The largest absolute Gasteiger partial charge is 0.506 e. The molecule has 0 saturated heterocycles. The zero-order chi connectivity index (χ0) is 14.7. The smallest absolute Gasteiger partial charge is 0.140 e. The zero-order valence-electron chi connectivity index (χ0n) is 10.5. The molecule has 0 unspecified atom stereocenters. The summed E-state index contributed by atoms with van der Waals surface area (Å²) in [5.41, 5.74) is 1.23. The lowest BCUT2D eigenvalue weighted by atomic mass is 10.2. The van der Waals surface area contributed by atoms with Crippen LogP contribution < -0.4 is 10.1 Å². The van der Waals surface area contributed by atoms with Crippen LogP contribution in [0.3, 0.4) is 0 Å². The summed E-state index contributed by atoms with van der Waals surface area (Å²) in [6, 6.07) is 10.3. The van der Waals surface area contributed by atoms with E-state index in [1.165, 1.54) is 0 Å². The normalized spacial score (nSPS) is 10.2. The molecule has 0 radical (unpaired) electrons. The molecule has 0 heterocycles. The fourth-order valence-electron chi connectivity index (χ4n) is 1.65. The van der Waals surface area contributed by atoms with Gasteiger partial charge in [0.15, 0.2) is 0 Å². The summed E-state index contributed by atoms with van der Waals surface area (Å²) in [5, 5.41) is 13.4. The molecular formula is C14H11BrClNO2S. The maximum Gasteiger partial charge on any atom is 0.140 e. The highest BCUT2D eigenvalue weighted by atomic mass is 79.9. The molecule has 0 amide bonds. The Hall–Kier alpha value is -1.30. The number of anilines is 1. The lowest BCUT2D eigenvalue weighted by Gasteiger charge is -2.13. The summed E-state index contributed by atoms with van der Waals surface area (Å²) in [5.74, 6) is 0.682. The predicted octanol–water partition coefficient (Wildman–Crippen LogP) is 4.60. The molecular weight excluding hydrogens is 362 g/mol. The van der Waals surface area contributed by atoms with E-state index in [-0.39, 0.29) is 5.75 Å². The Morgan fingerprint density at radius 1 is 1.30 bits per heavy atom. The topological polar surface area (TPSA) is 41.5 Å². The van der Waals surface area contributed by atoms with E-state index in [2.05, 4.69) is 21.2 Å². The van der Waals surface area contributed by atoms with Crippen molar-refractivity contribution in [2.45, 2.75) is 0 Å². The lowest BCUT2D eigenvalue weighted by molar-refractivity contribution is 0.414. The molecule has 104 valence electrons. The second kappa shape index (κ2) is 6.43. The van der Waals surface area contributed by atoms with Gasteiger partial charge in [0.05, 0.1) is 18.4 Å². The third-order valence-electron chi connectivity index (χ3n) is 2.62. The van der Waals surface area contributed by atoms with Gasteiger partial charge in [-0.15, -0.1) is 0 Å². The molecule has 0 saturated carbocycles. The van der Waals surface area contributed by atoms with E-state index in [0.717, 1.165) is 4.47 Å². The van der Waals surface area contributed by atoms with Gasteiger partial charge in [-0.1, -0.05) is 39.7 Å². The molecule has 0 aliphatic rings. The Labute approximate surface area is 135 Å². The van der Waals surface area contributed by atoms with Crippen molar-refractivity contribution in [2.75, 3.05) is 12.4 Å². The van der Waals surface area contributed by atoms with Gasteiger partial charge < -0.3 is 15.2 Å². The van der Waals surface area contributed by atoms with Crippen LogP contribution in [0.4, 0.5) is 5.69 Å². The van der Waals surface area contributed by atoms with Gasteiger partial charge in [-0.05, 0) is 36.4 Å². The highest BCUT2D eigenvalue weighted by molar-refractivity contribution is 9.10. The number of thiocarbonyl (C=S) groups is 1. The average molecular weight is 373 g/mol. The predicted molar refractivity (Wildman–Crippen MR) is 89.1 cm³/mol. The number of aromatic hydroxyl groups is 1. The van der Waals surface area contributed by atoms with Crippen molar-refractivity contribution >= 4 is 50.4 Å². The summed E-state index contributed by atoms with van der Waals surface area (Å²) >= 11 is 14.5. The van der Waals surface area contributed by atoms with Gasteiger partial charge in [0.1, 0.15) is 16.5 Å². The van der Waals surface area contributed by atoms with Gasteiger partial charge in [0.25, 0.3) is 0 Å². The number of phenols is 1. The Kier molecular flexibility index (Phi) is 4.86. The van der Waals surface area contributed by atoms with Crippen molar-refractivity contribution in [2.24, 2.45) is 0 Å². The molecule has 0 aliphatic heterocycles. The molecule has 0 fully saturated rings. The van der Waals surface area contributed by atoms with E-state index in [1.807, 2.05) is 6.07 Å². The van der Waals surface area contributed by atoms with Gasteiger partial charge in [0, 0.05) is 9.50 Å². The Balaban J connectivity index is 2.28. The van der Waals surface area contributed by atoms with Crippen LogP contribution in [-0.4, -0.2) is 17.2 Å². The van der Waals surface area contributed by atoms with Crippen molar-refractivity contribution < 1.29 is 9.84 Å². The first-order chi connectivity index (χ1) is 9.51. The van der Waals surface area contributed by atoms with Crippen molar-refractivity contribution in [1.29, 1.82) is 0 Å². The number of halogens is 2. The summed E-state index contributed by atoms with van der Waals surface area (Å²) in [7, 11) is 1.55. The summed E-state index contributed by atoms with van der Waals surface area (Å²) < 4.78 is 6.04. The second-order valence-corrected chi connectivity index (χ2v) is 5.72. The number of phenolic OH excluding ortho intramolecular Hbond substituents is 1. The van der Waals surface area contributed by atoms with E-state index in [4.69, 9.17) is 28.6 Å². The van der Waals surface area contributed by atoms with E-state index < -0.39 is 0 Å². The molecule has 0 bridgehead atoms. The fourth-order valence-corrected chi connectivity index (χ4v) is 2.44. The lowest BCUT2D eigenvalue weighted by Crippen LogP contribution is -2.12. The quantitative estimate of drug-likeness (QED) is 0.610. The first-order valence-corrected chi connectivity index (χ1v) is 7.22. The first kappa shape index (κ1) is 15.1. The fraction of sp³-hybridized carbons (Fsp3) is 0.0714. The number of rotatable bonds is 3. The number of hydrogen-bond acceptors (Lipinski definition) is 3. The summed E-state index contributed by atoms with van der Waals surface area (Å²) in [4.78, 5) is 0.441. The number of benzene rings is 2. The van der Waals surface area contributed by atoms with Crippen molar-refractivity contribution in [1.82, 2.24) is 0 Å². The number of methoxy groups -OCH3 is 1. The number of ether oxygens (including phenoxy) is 1. The van der Waals surface area contributed by atoms with Crippen LogP contribution in [0.25, 0.3) is 0 Å². The zero-order valence-corrected chi connectivity index (χ0v) is 13.6. The van der Waals surface area contributed by atoms with Crippen LogP contribution in [0.1, 0.15) is 5.56 Å². The van der Waals surface area contributed by atoms with E-state index in [0.29, 0.717) is 27.0 Å². The molecule has 2 aromatic rings. The monoisotopic (exact) mass is 371 g/mol. The van der Waals surface area contributed by atoms with Crippen LogP contribution in [0.5, 0.6) is 11.5 Å². The van der Waals surface area contributed by atoms with Crippen LogP contribution in [0, 0.1) is 0 Å².